The Morgan fingerprint density at radius 3 is 2.26 bits per heavy atom. The van der Waals surface area contributed by atoms with Crippen molar-refractivity contribution in [3.8, 4) is 0 Å². The second-order valence-corrected chi connectivity index (χ2v) is 11.8. The molecule has 0 amide bonds. The van der Waals surface area contributed by atoms with Gasteiger partial charge in [-0.1, -0.05) is 6.42 Å². The molecule has 2 rings (SSSR count). The lowest BCUT2D eigenvalue weighted by Gasteiger charge is -2.19. The van der Waals surface area contributed by atoms with Gasteiger partial charge in [-0.05, 0) is 19.4 Å². The number of ether oxygens (including phenoxy) is 1. The Bertz CT molecular complexity index is 1130. The molecule has 2 unspecified atom stereocenters. The number of aromatic amines is 1. The van der Waals surface area contributed by atoms with E-state index in [1.807, 2.05) is 0 Å². The van der Waals surface area contributed by atoms with Crippen molar-refractivity contribution in [1.82, 2.24) is 9.55 Å². The Balaban J connectivity index is 2.10. The average molecular weight is 569 g/mol. The van der Waals surface area contributed by atoms with Crippen LogP contribution in [0.25, 0.3) is 0 Å². The lowest BCUT2D eigenvalue weighted by Crippen LogP contribution is -2.36. The van der Waals surface area contributed by atoms with Crippen molar-refractivity contribution in [2.45, 2.75) is 50.2 Å². The van der Waals surface area contributed by atoms with Gasteiger partial charge in [0.1, 0.15) is 24.4 Å². The molecule has 1 aromatic rings. The first-order valence-electron chi connectivity index (χ1n) is 9.89. The summed E-state index contributed by atoms with van der Waals surface area (Å²) >= 11 is 0. The normalized spacial score (nSPS) is 26.4. The second kappa shape index (κ2) is 12.0. The molecule has 2 heterocycles. The van der Waals surface area contributed by atoms with E-state index in [2.05, 4.69) is 18.1 Å². The van der Waals surface area contributed by atoms with Gasteiger partial charge in [0, 0.05) is 12.7 Å². The second-order valence-electron chi connectivity index (χ2n) is 7.35. The fourth-order valence-electron chi connectivity index (χ4n) is 3.11. The van der Waals surface area contributed by atoms with E-state index < -0.39 is 65.7 Å². The van der Waals surface area contributed by atoms with Crippen molar-refractivity contribution < 1.29 is 61.4 Å². The molecule has 1 saturated heterocycles. The number of hydrogen-bond donors (Lipinski definition) is 8. The molecule has 1 aromatic heterocycles. The number of aliphatic hydroxyl groups is 2. The first-order valence-corrected chi connectivity index (χ1v) is 14.4. The maximum atomic E-state index is 12.3. The van der Waals surface area contributed by atoms with Crippen molar-refractivity contribution in [2.75, 3.05) is 13.2 Å². The quantitative estimate of drug-likeness (QED) is 0.0957. The average Bonchev–Trinajstić information content (AvgIpc) is 2.97. The van der Waals surface area contributed by atoms with Crippen LogP contribution in [0.1, 0.15) is 30.9 Å². The molecule has 0 spiro atoms. The van der Waals surface area contributed by atoms with E-state index in [4.69, 9.17) is 25.2 Å². The number of aryl methyl sites for hydroxylation is 1. The lowest BCUT2D eigenvalue weighted by atomic mass is 10.0. The predicted molar refractivity (Wildman–Crippen MR) is 114 cm³/mol. The molecular formula is C14H26N3O15P3. The summed E-state index contributed by atoms with van der Waals surface area (Å²) in [5.41, 5.74) is 3.54. The van der Waals surface area contributed by atoms with Crippen LogP contribution in [0.2, 0.25) is 0 Å². The molecule has 6 atom stereocenters. The number of H-pyrrole nitrogens is 1. The molecule has 0 bridgehead atoms. The first-order chi connectivity index (χ1) is 16.1. The molecule has 21 heteroatoms. The standard InChI is InChI=1S/C14H26N3O15P3/c15-4-2-1-3-5-17-6-8(13(20)16-14(17)21)12-11(19)10(18)9(30-12)7-29-34(25,26)32-35(27,28)31-33(22,23)24/h6,9-12,18-19H,1-5,7,15H2,(H,25,26)(H,27,28)(H,16,20,21)(H2,22,23,24)/t9-,10-,11-,12+/m1/s1. The number of hydrogen-bond acceptors (Lipinski definition) is 12. The van der Waals surface area contributed by atoms with Crippen LogP contribution in [-0.4, -0.2) is 70.8 Å². The molecule has 1 aliphatic rings. The topological polar surface area (TPSA) is 290 Å². The summed E-state index contributed by atoms with van der Waals surface area (Å²) < 4.78 is 51.9. The van der Waals surface area contributed by atoms with Gasteiger partial charge in [0.15, 0.2) is 0 Å². The smallest absolute Gasteiger partial charge is 0.387 e. The third-order valence-corrected chi connectivity index (χ3v) is 8.43. The van der Waals surface area contributed by atoms with Crippen molar-refractivity contribution in [3.05, 3.63) is 32.6 Å². The van der Waals surface area contributed by atoms with Crippen LogP contribution < -0.4 is 17.0 Å². The fraction of sp³-hybridized carbons (Fsp3) is 0.714. The number of nitrogens with zero attached hydrogens (tertiary/aromatic N) is 1. The Kier molecular flexibility index (Phi) is 10.3. The largest absolute Gasteiger partial charge is 0.490 e. The first kappa shape index (κ1) is 30.2. The van der Waals surface area contributed by atoms with Gasteiger partial charge in [-0.2, -0.15) is 8.62 Å². The molecule has 202 valence electrons. The number of unbranched alkanes of at least 4 members (excludes halogenated alkanes) is 2. The van der Waals surface area contributed by atoms with Crippen molar-refractivity contribution in [2.24, 2.45) is 5.73 Å². The predicted octanol–water partition coefficient (Wildman–Crippen LogP) is -1.83. The SMILES string of the molecule is NCCCCCn1cc([C@@H]2O[C@H](COP(=O)(O)OP(=O)(O)OP(=O)(O)O)[C@@H](O)[C@H]2O)c(=O)[nH]c1=O. The maximum absolute atomic E-state index is 12.3. The van der Waals surface area contributed by atoms with E-state index in [0.717, 1.165) is 17.2 Å². The molecule has 0 radical (unpaired) electrons. The molecule has 0 aliphatic carbocycles. The summed E-state index contributed by atoms with van der Waals surface area (Å²) in [4.78, 5) is 62.1. The van der Waals surface area contributed by atoms with Crippen LogP contribution >= 0.6 is 23.5 Å². The number of phosphoric acid groups is 3. The van der Waals surface area contributed by atoms with Crippen LogP contribution in [0.3, 0.4) is 0 Å². The molecule has 1 fully saturated rings. The van der Waals surface area contributed by atoms with E-state index in [1.54, 1.807) is 0 Å². The van der Waals surface area contributed by atoms with Gasteiger partial charge < -0.3 is 44.8 Å². The highest BCUT2D eigenvalue weighted by molar-refractivity contribution is 7.66. The van der Waals surface area contributed by atoms with Crippen LogP contribution in [0.4, 0.5) is 0 Å². The van der Waals surface area contributed by atoms with Gasteiger partial charge in [-0.15, -0.1) is 0 Å². The number of nitrogens with one attached hydrogen (secondary N) is 1. The Labute approximate surface area is 196 Å². The number of aliphatic hydroxyl groups excluding tert-OH is 2. The lowest BCUT2D eigenvalue weighted by molar-refractivity contribution is -0.0228. The highest BCUT2D eigenvalue weighted by Gasteiger charge is 2.47. The summed E-state index contributed by atoms with van der Waals surface area (Å²) in [5.74, 6) is 0. The van der Waals surface area contributed by atoms with Crippen LogP contribution in [0.15, 0.2) is 15.8 Å². The summed E-state index contributed by atoms with van der Waals surface area (Å²) in [6.07, 6.45) is -3.51. The Hall–Kier alpha value is -1.07. The van der Waals surface area contributed by atoms with Gasteiger partial charge >= 0.3 is 29.2 Å². The minimum atomic E-state index is -5.75. The summed E-state index contributed by atoms with van der Waals surface area (Å²) in [6.45, 7) is -0.369. The van der Waals surface area contributed by atoms with Gasteiger partial charge in [0.05, 0.1) is 12.2 Å². The highest BCUT2D eigenvalue weighted by atomic mass is 31.3. The molecule has 0 saturated carbocycles. The number of rotatable bonds is 13. The van der Waals surface area contributed by atoms with Crippen molar-refractivity contribution in [3.63, 3.8) is 0 Å². The summed E-state index contributed by atoms with van der Waals surface area (Å²) in [5, 5.41) is 20.5. The fourth-order valence-corrected chi connectivity index (χ4v) is 6.14. The van der Waals surface area contributed by atoms with E-state index in [9.17, 15) is 38.4 Å². The molecule has 9 N–H and O–H groups in total. The van der Waals surface area contributed by atoms with Gasteiger partial charge in [0.25, 0.3) is 5.56 Å². The zero-order chi connectivity index (χ0) is 26.6. The Morgan fingerprint density at radius 2 is 1.66 bits per heavy atom. The minimum Gasteiger partial charge on any atom is -0.387 e. The van der Waals surface area contributed by atoms with E-state index in [1.165, 1.54) is 0 Å². The van der Waals surface area contributed by atoms with Gasteiger partial charge in [-0.3, -0.25) is 14.3 Å². The Morgan fingerprint density at radius 1 is 1.00 bits per heavy atom. The van der Waals surface area contributed by atoms with Gasteiger partial charge in [-0.25, -0.2) is 18.5 Å². The highest BCUT2D eigenvalue weighted by Crippen LogP contribution is 2.66. The summed E-state index contributed by atoms with van der Waals surface area (Å²) in [7, 11) is -16.8. The third-order valence-electron chi connectivity index (χ3n) is 4.63. The maximum Gasteiger partial charge on any atom is 0.490 e. The molecule has 35 heavy (non-hydrogen) atoms. The third kappa shape index (κ3) is 9.07. The monoisotopic (exact) mass is 569 g/mol. The molecule has 0 aromatic carbocycles. The van der Waals surface area contributed by atoms with Gasteiger partial charge in [0.2, 0.25) is 0 Å². The zero-order valence-electron chi connectivity index (χ0n) is 17.9. The van der Waals surface area contributed by atoms with Crippen LogP contribution in [-0.2, 0) is 38.1 Å². The zero-order valence-corrected chi connectivity index (χ0v) is 20.5. The number of nitrogens with two attached hydrogens (primary N) is 1. The molecule has 1 aliphatic heterocycles. The molecular weight excluding hydrogens is 543 g/mol. The van der Waals surface area contributed by atoms with E-state index in [-0.39, 0.29) is 12.1 Å². The van der Waals surface area contributed by atoms with Crippen LogP contribution in [0.5, 0.6) is 0 Å². The van der Waals surface area contributed by atoms with Crippen molar-refractivity contribution in [1.29, 1.82) is 0 Å². The van der Waals surface area contributed by atoms with E-state index in [0.29, 0.717) is 19.4 Å². The summed E-state index contributed by atoms with van der Waals surface area (Å²) in [6, 6.07) is 0. The number of aromatic nitrogens is 2. The van der Waals surface area contributed by atoms with E-state index >= 15 is 0 Å². The van der Waals surface area contributed by atoms with Crippen LogP contribution in [0, 0.1) is 0 Å². The molecule has 18 nitrogen and oxygen atoms in total. The minimum absolute atomic E-state index is 0.212. The number of phosphoric ester groups is 1. The van der Waals surface area contributed by atoms with Crippen molar-refractivity contribution >= 4 is 23.5 Å².